The van der Waals surface area contributed by atoms with E-state index in [1.807, 2.05) is 12.1 Å². The molecule has 4 fully saturated rings. The Morgan fingerprint density at radius 3 is 2.43 bits per heavy atom. The smallest absolute Gasteiger partial charge is 0.234 e. The van der Waals surface area contributed by atoms with E-state index in [0.717, 1.165) is 57.3 Å². The highest BCUT2D eigenvalue weighted by Gasteiger charge is 2.49. The van der Waals surface area contributed by atoms with E-state index in [9.17, 15) is 14.0 Å². The van der Waals surface area contributed by atoms with E-state index >= 15 is 0 Å². The van der Waals surface area contributed by atoms with Crippen LogP contribution >= 0.6 is 0 Å². The van der Waals surface area contributed by atoms with Crippen LogP contribution < -0.4 is 5.32 Å². The predicted octanol–water partition coefficient (Wildman–Crippen LogP) is 2.91. The number of rotatable bonds is 5. The summed E-state index contributed by atoms with van der Waals surface area (Å²) in [5.74, 6) is 0.927. The van der Waals surface area contributed by atoms with Gasteiger partial charge < -0.3 is 10.2 Å². The van der Waals surface area contributed by atoms with Gasteiger partial charge in [-0.15, -0.1) is 0 Å². The fraction of sp³-hybridized carbons (Fsp3) is 0.667. The first-order chi connectivity index (χ1) is 14.6. The second-order valence-electron chi connectivity index (χ2n) is 9.73. The molecule has 0 spiro atoms. The van der Waals surface area contributed by atoms with Gasteiger partial charge in [0, 0.05) is 49.5 Å². The molecule has 2 aliphatic carbocycles. The lowest BCUT2D eigenvalue weighted by Crippen LogP contribution is -2.51. The van der Waals surface area contributed by atoms with Gasteiger partial charge >= 0.3 is 0 Å². The van der Waals surface area contributed by atoms with Crippen molar-refractivity contribution in [2.75, 3.05) is 26.2 Å². The van der Waals surface area contributed by atoms with Crippen LogP contribution in [0.2, 0.25) is 0 Å². The minimum absolute atomic E-state index is 0.127. The first-order valence-corrected chi connectivity index (χ1v) is 11.7. The van der Waals surface area contributed by atoms with Gasteiger partial charge in [-0.05, 0) is 49.8 Å². The summed E-state index contributed by atoms with van der Waals surface area (Å²) in [6.45, 7) is 2.83. The monoisotopic (exact) mass is 413 g/mol. The molecule has 5 nitrogen and oxygen atoms in total. The van der Waals surface area contributed by atoms with Gasteiger partial charge in [-0.25, -0.2) is 4.39 Å². The van der Waals surface area contributed by atoms with Crippen LogP contribution in [0.25, 0.3) is 0 Å². The zero-order valence-corrected chi connectivity index (χ0v) is 17.6. The molecule has 2 amide bonds. The number of amides is 2. The third kappa shape index (κ3) is 4.11. The van der Waals surface area contributed by atoms with Gasteiger partial charge in [0.05, 0.1) is 6.54 Å². The first kappa shape index (κ1) is 20.0. The van der Waals surface area contributed by atoms with Gasteiger partial charge in [0.25, 0.3) is 0 Å². The summed E-state index contributed by atoms with van der Waals surface area (Å²) in [5.41, 5.74) is 1.11. The second kappa shape index (κ2) is 8.29. The summed E-state index contributed by atoms with van der Waals surface area (Å²) in [6, 6.07) is 7.36. The van der Waals surface area contributed by atoms with Crippen molar-refractivity contribution < 1.29 is 14.0 Å². The lowest BCUT2D eigenvalue weighted by molar-refractivity contribution is -0.135. The molecule has 4 aliphatic rings. The molecule has 2 heterocycles. The molecule has 0 aromatic heterocycles. The maximum atomic E-state index is 13.5. The number of hydrogen-bond donors (Lipinski definition) is 1. The molecule has 2 saturated heterocycles. The van der Waals surface area contributed by atoms with Crippen molar-refractivity contribution >= 4 is 11.8 Å². The topological polar surface area (TPSA) is 52.7 Å². The molecule has 0 radical (unpaired) electrons. The van der Waals surface area contributed by atoms with Crippen LogP contribution in [0, 0.1) is 17.7 Å². The largest absolute Gasteiger partial charge is 0.352 e. The Kier molecular flexibility index (Phi) is 5.52. The normalized spacial score (nSPS) is 29.8. The molecule has 3 atom stereocenters. The minimum Gasteiger partial charge on any atom is -0.352 e. The average molecular weight is 414 g/mol. The molecule has 162 valence electrons. The number of nitrogens with zero attached hydrogens (tertiary/aromatic N) is 2. The quantitative estimate of drug-likeness (QED) is 0.808. The molecule has 1 aromatic carbocycles. The van der Waals surface area contributed by atoms with Crippen molar-refractivity contribution in [1.29, 1.82) is 0 Å². The van der Waals surface area contributed by atoms with E-state index in [1.165, 1.54) is 25.0 Å². The summed E-state index contributed by atoms with van der Waals surface area (Å²) in [5, 5.41) is 3.20. The van der Waals surface area contributed by atoms with E-state index in [1.54, 1.807) is 0 Å². The van der Waals surface area contributed by atoms with Crippen LogP contribution in [0.1, 0.15) is 56.4 Å². The Hall–Kier alpha value is -1.95. The number of piperidine rings is 1. The van der Waals surface area contributed by atoms with Gasteiger partial charge in [-0.2, -0.15) is 0 Å². The van der Waals surface area contributed by atoms with Crippen LogP contribution in [0.3, 0.4) is 0 Å². The van der Waals surface area contributed by atoms with Gasteiger partial charge in [0.15, 0.2) is 0 Å². The molecule has 5 rings (SSSR count). The summed E-state index contributed by atoms with van der Waals surface area (Å²) in [4.78, 5) is 29.9. The third-order valence-corrected chi connectivity index (χ3v) is 7.61. The van der Waals surface area contributed by atoms with Gasteiger partial charge in [-0.1, -0.05) is 25.0 Å². The SMILES string of the molecule is O=C(CN1CC[C@@H]2[C@H](C1)[C@@H](c1ccc(F)cc1)CN2C(=O)C1CC1)NC1CCCC1. The highest BCUT2D eigenvalue weighted by atomic mass is 19.1. The van der Waals surface area contributed by atoms with Gasteiger partial charge in [0.2, 0.25) is 11.8 Å². The molecule has 2 aliphatic heterocycles. The van der Waals surface area contributed by atoms with Crippen molar-refractivity contribution in [2.24, 2.45) is 11.8 Å². The summed E-state index contributed by atoms with van der Waals surface area (Å²) in [7, 11) is 0. The molecular formula is C24H32FN3O2. The van der Waals surface area contributed by atoms with Crippen LogP contribution in [-0.2, 0) is 9.59 Å². The Labute approximate surface area is 178 Å². The number of halogens is 1. The Morgan fingerprint density at radius 2 is 1.73 bits per heavy atom. The van der Waals surface area contributed by atoms with Crippen LogP contribution in [0.15, 0.2) is 24.3 Å². The van der Waals surface area contributed by atoms with Crippen LogP contribution in [-0.4, -0.2) is 59.9 Å². The lowest BCUT2D eigenvalue weighted by Gasteiger charge is -2.38. The first-order valence-electron chi connectivity index (χ1n) is 11.7. The summed E-state index contributed by atoms with van der Waals surface area (Å²) < 4.78 is 13.5. The number of fused-ring (bicyclic) bond motifs is 1. The van der Waals surface area contributed by atoms with E-state index in [4.69, 9.17) is 0 Å². The van der Waals surface area contributed by atoms with Gasteiger partial charge in [0.1, 0.15) is 5.82 Å². The number of benzene rings is 1. The molecule has 30 heavy (non-hydrogen) atoms. The average Bonchev–Trinajstić information content (AvgIpc) is 3.34. The molecule has 1 aromatic rings. The Bertz CT molecular complexity index is 788. The Morgan fingerprint density at radius 1 is 1.00 bits per heavy atom. The van der Waals surface area contributed by atoms with Crippen molar-refractivity contribution in [3.05, 3.63) is 35.6 Å². The van der Waals surface area contributed by atoms with Crippen LogP contribution in [0.5, 0.6) is 0 Å². The predicted molar refractivity (Wildman–Crippen MR) is 112 cm³/mol. The number of hydrogen-bond acceptors (Lipinski definition) is 3. The second-order valence-corrected chi connectivity index (χ2v) is 9.73. The van der Waals surface area contributed by atoms with E-state index in [0.29, 0.717) is 24.4 Å². The fourth-order valence-electron chi connectivity index (χ4n) is 5.88. The molecule has 1 N–H and O–H groups in total. The Balaban J connectivity index is 1.29. The third-order valence-electron chi connectivity index (χ3n) is 7.61. The molecule has 6 heteroatoms. The number of likely N-dealkylation sites (tertiary alicyclic amines) is 2. The summed E-state index contributed by atoms with van der Waals surface area (Å²) in [6.07, 6.45) is 7.56. The molecule has 0 unspecified atom stereocenters. The highest BCUT2D eigenvalue weighted by Crippen LogP contribution is 2.44. The number of carbonyl (C=O) groups is 2. The van der Waals surface area contributed by atoms with E-state index in [2.05, 4.69) is 15.1 Å². The van der Waals surface area contributed by atoms with Gasteiger partial charge in [-0.3, -0.25) is 14.5 Å². The van der Waals surface area contributed by atoms with E-state index in [-0.39, 0.29) is 29.6 Å². The van der Waals surface area contributed by atoms with E-state index < -0.39 is 0 Å². The zero-order valence-electron chi connectivity index (χ0n) is 17.6. The lowest BCUT2D eigenvalue weighted by atomic mass is 9.82. The maximum absolute atomic E-state index is 13.5. The van der Waals surface area contributed by atoms with Crippen molar-refractivity contribution in [1.82, 2.24) is 15.1 Å². The number of carbonyl (C=O) groups excluding carboxylic acids is 2. The molecule has 2 saturated carbocycles. The van der Waals surface area contributed by atoms with Crippen molar-refractivity contribution in [3.63, 3.8) is 0 Å². The fourth-order valence-corrected chi connectivity index (χ4v) is 5.88. The maximum Gasteiger partial charge on any atom is 0.234 e. The number of nitrogens with one attached hydrogen (secondary N) is 1. The van der Waals surface area contributed by atoms with Crippen molar-refractivity contribution in [2.45, 2.75) is 62.9 Å². The summed E-state index contributed by atoms with van der Waals surface area (Å²) >= 11 is 0. The minimum atomic E-state index is -0.229. The van der Waals surface area contributed by atoms with Crippen molar-refractivity contribution in [3.8, 4) is 0 Å². The standard InChI is InChI=1S/C24H32FN3O2/c25-18-9-7-16(8-10-18)20-14-28(24(30)17-5-6-17)22-11-12-27(13-21(20)22)15-23(29)26-19-3-1-2-4-19/h7-10,17,19-22H,1-6,11-15H2,(H,26,29)/t20-,21-,22-/m1/s1. The molecule has 0 bridgehead atoms. The van der Waals surface area contributed by atoms with Crippen LogP contribution in [0.4, 0.5) is 4.39 Å². The highest BCUT2D eigenvalue weighted by molar-refractivity contribution is 5.82. The zero-order chi connectivity index (χ0) is 20.7. The molecular weight excluding hydrogens is 381 g/mol.